The van der Waals surface area contributed by atoms with Crippen molar-refractivity contribution < 1.29 is 19.1 Å². The zero-order valence-electron chi connectivity index (χ0n) is 20.0. The van der Waals surface area contributed by atoms with E-state index in [9.17, 15) is 14.4 Å². The summed E-state index contributed by atoms with van der Waals surface area (Å²) in [5.41, 5.74) is 8.45. The summed E-state index contributed by atoms with van der Waals surface area (Å²) >= 11 is 12.1. The van der Waals surface area contributed by atoms with Crippen LogP contribution in [-0.4, -0.2) is 36.8 Å². The number of anilines is 1. The first-order valence-electron chi connectivity index (χ1n) is 11.4. The molecule has 1 heterocycles. The fourth-order valence-corrected chi connectivity index (χ4v) is 4.43. The van der Waals surface area contributed by atoms with E-state index >= 15 is 0 Å². The van der Waals surface area contributed by atoms with Gasteiger partial charge in [-0.25, -0.2) is 9.79 Å². The van der Waals surface area contributed by atoms with Crippen LogP contribution in [0.15, 0.2) is 77.8 Å². The molecule has 0 bridgehead atoms. The van der Waals surface area contributed by atoms with E-state index in [1.807, 2.05) is 54.6 Å². The highest BCUT2D eigenvalue weighted by atomic mass is 35.5. The number of benzodiazepines with no additional fused rings is 1. The summed E-state index contributed by atoms with van der Waals surface area (Å²) in [4.78, 5) is 44.6. The van der Waals surface area contributed by atoms with Gasteiger partial charge < -0.3 is 20.7 Å². The smallest absolute Gasteiger partial charge is 0.405 e. The molecule has 0 fully saturated rings. The Morgan fingerprint density at radius 2 is 1.70 bits per heavy atom. The number of likely N-dealkylation sites (N-methyl/N-ethyl adjacent to an activating group) is 1. The monoisotopic (exact) mass is 538 g/mol. The summed E-state index contributed by atoms with van der Waals surface area (Å²) in [6.45, 7) is 1.55. The Morgan fingerprint density at radius 3 is 2.38 bits per heavy atom. The molecule has 0 saturated carbocycles. The van der Waals surface area contributed by atoms with Gasteiger partial charge >= 0.3 is 6.09 Å². The number of benzene rings is 3. The number of halogens is 2. The molecule has 0 radical (unpaired) electrons. The highest BCUT2D eigenvalue weighted by Crippen LogP contribution is 2.32. The zero-order chi connectivity index (χ0) is 26.7. The molecular weight excluding hydrogens is 515 g/mol. The Balaban J connectivity index is 1.69. The minimum absolute atomic E-state index is 0.222. The van der Waals surface area contributed by atoms with Gasteiger partial charge in [0.2, 0.25) is 12.1 Å². The second kappa shape index (κ2) is 11.0. The summed E-state index contributed by atoms with van der Waals surface area (Å²) in [6, 6.07) is 21.4. The van der Waals surface area contributed by atoms with E-state index in [2.05, 4.69) is 10.3 Å². The number of nitrogens with zero attached hydrogens (tertiary/aromatic N) is 2. The molecule has 10 heteroatoms. The molecule has 0 saturated heterocycles. The van der Waals surface area contributed by atoms with Gasteiger partial charge in [0.05, 0.1) is 27.4 Å². The molecule has 3 amide bonds. The van der Waals surface area contributed by atoms with E-state index in [0.717, 1.165) is 11.1 Å². The molecule has 0 spiro atoms. The third-order valence-electron chi connectivity index (χ3n) is 6.05. The minimum atomic E-state index is -1.23. The van der Waals surface area contributed by atoms with Crippen molar-refractivity contribution in [2.75, 3.05) is 11.9 Å². The van der Waals surface area contributed by atoms with Crippen molar-refractivity contribution in [2.24, 2.45) is 16.6 Å². The van der Waals surface area contributed by atoms with Gasteiger partial charge in [0.1, 0.15) is 6.10 Å². The molecule has 3 aromatic rings. The predicted octanol–water partition coefficient (Wildman–Crippen LogP) is 4.72. The van der Waals surface area contributed by atoms with Crippen molar-refractivity contribution in [1.29, 1.82) is 0 Å². The largest absolute Gasteiger partial charge is 0.441 e. The number of carbonyl (C=O) groups is 3. The molecule has 1 aliphatic rings. The summed E-state index contributed by atoms with van der Waals surface area (Å²) < 4.78 is 5.26. The van der Waals surface area contributed by atoms with Crippen LogP contribution in [0.3, 0.4) is 0 Å². The Labute approximate surface area is 224 Å². The topological polar surface area (TPSA) is 114 Å². The van der Waals surface area contributed by atoms with Crippen LogP contribution in [0.5, 0.6) is 0 Å². The molecule has 3 aromatic carbocycles. The first-order valence-corrected chi connectivity index (χ1v) is 12.1. The quantitative estimate of drug-likeness (QED) is 0.472. The van der Waals surface area contributed by atoms with Crippen molar-refractivity contribution in [2.45, 2.75) is 19.2 Å². The molecule has 0 unspecified atom stereocenters. The van der Waals surface area contributed by atoms with Gasteiger partial charge in [-0.2, -0.15) is 0 Å². The van der Waals surface area contributed by atoms with Crippen molar-refractivity contribution >= 4 is 52.5 Å². The maximum Gasteiger partial charge on any atom is 0.405 e. The van der Waals surface area contributed by atoms with Gasteiger partial charge in [-0.1, -0.05) is 77.8 Å². The van der Waals surface area contributed by atoms with Crippen LogP contribution in [-0.2, 0) is 14.3 Å². The number of hydrogen-bond acceptors (Lipinski definition) is 5. The van der Waals surface area contributed by atoms with Crippen LogP contribution in [0.1, 0.15) is 29.7 Å². The Morgan fingerprint density at radius 1 is 1.03 bits per heavy atom. The number of primary amides is 1. The van der Waals surface area contributed by atoms with Crippen molar-refractivity contribution in [3.63, 3.8) is 0 Å². The van der Waals surface area contributed by atoms with E-state index in [1.165, 1.54) is 17.0 Å². The highest BCUT2D eigenvalue weighted by molar-refractivity contribution is 6.42. The second-order valence-electron chi connectivity index (χ2n) is 8.49. The summed E-state index contributed by atoms with van der Waals surface area (Å²) in [6.07, 6.45) is -3.38. The van der Waals surface area contributed by atoms with E-state index < -0.39 is 36.1 Å². The molecule has 0 aromatic heterocycles. The van der Waals surface area contributed by atoms with Crippen LogP contribution in [0, 0.1) is 5.92 Å². The number of para-hydroxylation sites is 1. The SMILES string of the molecule is C[C@@H](C(=O)N[C@H]1N=C(c2ccccc2)c2ccccc2N(C)C1=O)[C@@H](OC(N)=O)c1ccc(Cl)c(Cl)c1. The maximum atomic E-state index is 13.4. The maximum absolute atomic E-state index is 13.4. The molecule has 4 rings (SSSR count). The van der Waals surface area contributed by atoms with Crippen LogP contribution >= 0.6 is 23.2 Å². The standard InChI is InChI=1S/C27H24Cl2N4O4/c1-15(23(37-27(30)36)17-12-13-19(28)20(29)14-17)25(34)32-24-26(35)33(2)21-11-7-6-10-18(21)22(31-24)16-8-4-3-5-9-16/h3-15,23-24H,1-2H3,(H2,30,36)(H,32,34)/t15-,23-,24-/m1/s1. The van der Waals surface area contributed by atoms with E-state index in [0.29, 0.717) is 22.0 Å². The fourth-order valence-electron chi connectivity index (χ4n) is 4.12. The van der Waals surface area contributed by atoms with Crippen LogP contribution in [0.25, 0.3) is 0 Å². The number of aliphatic imine (C=N–C) groups is 1. The zero-order valence-corrected chi connectivity index (χ0v) is 21.5. The third-order valence-corrected chi connectivity index (χ3v) is 6.79. The van der Waals surface area contributed by atoms with Crippen molar-refractivity contribution in [3.8, 4) is 0 Å². The lowest BCUT2D eigenvalue weighted by atomic mass is 9.96. The van der Waals surface area contributed by atoms with Gasteiger partial charge in [0, 0.05) is 18.2 Å². The van der Waals surface area contributed by atoms with Gasteiger partial charge in [-0.05, 0) is 30.7 Å². The fraction of sp³-hybridized carbons (Fsp3) is 0.185. The van der Waals surface area contributed by atoms with Crippen molar-refractivity contribution in [1.82, 2.24) is 5.32 Å². The second-order valence-corrected chi connectivity index (χ2v) is 9.30. The lowest BCUT2D eigenvalue weighted by molar-refractivity contribution is -0.132. The number of rotatable bonds is 6. The first kappa shape index (κ1) is 26.2. The van der Waals surface area contributed by atoms with Crippen molar-refractivity contribution in [3.05, 3.63) is 99.5 Å². The lowest BCUT2D eigenvalue weighted by Crippen LogP contribution is -2.48. The third kappa shape index (κ3) is 5.60. The lowest BCUT2D eigenvalue weighted by Gasteiger charge is -2.26. The first-order chi connectivity index (χ1) is 17.7. The number of hydrogen-bond donors (Lipinski definition) is 2. The predicted molar refractivity (Wildman–Crippen MR) is 143 cm³/mol. The van der Waals surface area contributed by atoms with Crippen LogP contribution in [0.2, 0.25) is 10.0 Å². The van der Waals surface area contributed by atoms with Gasteiger partial charge in [0.15, 0.2) is 0 Å². The normalized spacial score (nSPS) is 16.6. The summed E-state index contributed by atoms with van der Waals surface area (Å²) in [7, 11) is 1.63. The summed E-state index contributed by atoms with van der Waals surface area (Å²) in [5, 5.41) is 3.24. The van der Waals surface area contributed by atoms with E-state index in [-0.39, 0.29) is 5.02 Å². The number of nitrogens with two attached hydrogens (primary N) is 1. The molecule has 3 atom stereocenters. The van der Waals surface area contributed by atoms with E-state index in [4.69, 9.17) is 33.7 Å². The number of carbonyl (C=O) groups excluding carboxylic acids is 3. The Kier molecular flexibility index (Phi) is 7.80. The minimum Gasteiger partial charge on any atom is -0.441 e. The van der Waals surface area contributed by atoms with Crippen LogP contribution < -0.4 is 16.0 Å². The number of fused-ring (bicyclic) bond motifs is 1. The Bertz CT molecular complexity index is 1380. The molecule has 3 N–H and O–H groups in total. The molecule has 0 aliphatic carbocycles. The molecule has 190 valence electrons. The average molecular weight is 539 g/mol. The van der Waals surface area contributed by atoms with Gasteiger partial charge in [0.25, 0.3) is 5.91 Å². The molecule has 8 nitrogen and oxygen atoms in total. The molecule has 37 heavy (non-hydrogen) atoms. The number of amides is 3. The Hall–Kier alpha value is -3.88. The van der Waals surface area contributed by atoms with E-state index in [1.54, 1.807) is 20.0 Å². The summed E-state index contributed by atoms with van der Waals surface area (Å²) in [5.74, 6) is -1.96. The highest BCUT2D eigenvalue weighted by Gasteiger charge is 2.35. The van der Waals surface area contributed by atoms with Gasteiger partial charge in [-0.15, -0.1) is 0 Å². The average Bonchev–Trinajstić information content (AvgIpc) is 2.99. The number of ether oxygens (including phenoxy) is 1. The molecule has 1 aliphatic heterocycles. The number of nitrogens with one attached hydrogen (secondary N) is 1. The molecular formula is C27H24Cl2N4O4. The van der Waals surface area contributed by atoms with Gasteiger partial charge in [-0.3, -0.25) is 9.59 Å². The van der Waals surface area contributed by atoms with Crippen LogP contribution in [0.4, 0.5) is 10.5 Å².